The molecule has 1 fully saturated rings. The van der Waals surface area contributed by atoms with E-state index in [-0.39, 0.29) is 6.54 Å². The Bertz CT molecular complexity index is 302. The van der Waals surface area contributed by atoms with Crippen molar-refractivity contribution in [3.8, 4) is 0 Å². The number of nitrogens with two attached hydrogens (primary N) is 2. The zero-order valence-electron chi connectivity index (χ0n) is 13.1. The fourth-order valence-corrected chi connectivity index (χ4v) is 1.57. The number of carbonyl (C=O) groups excluding carboxylic acids is 1. The lowest BCUT2D eigenvalue weighted by molar-refractivity contribution is -0.0640. The van der Waals surface area contributed by atoms with Crippen molar-refractivity contribution in [3.05, 3.63) is 12.3 Å². The third kappa shape index (κ3) is 6.40. The number of hydrogen-bond acceptors (Lipinski definition) is 6. The average molecular weight is 307 g/mol. The predicted molar refractivity (Wildman–Crippen MR) is 80.1 cm³/mol. The standard InChI is InChI=1S/C9H17N3O5.2C2H6/c10-2-1-3-12(9(11)16)8-7(15)6(14)5(4-13)17-8;2*1-2/h1,3,5-8,13-15H,2,4,10H2,(H2,11,16);2*1-2H3/b3-1-;;. The van der Waals surface area contributed by atoms with Gasteiger partial charge in [0.1, 0.15) is 18.3 Å². The van der Waals surface area contributed by atoms with E-state index in [0.717, 1.165) is 4.90 Å². The van der Waals surface area contributed by atoms with Crippen LogP contribution in [0.3, 0.4) is 0 Å². The summed E-state index contributed by atoms with van der Waals surface area (Å²) >= 11 is 0. The van der Waals surface area contributed by atoms with Gasteiger partial charge in [0.15, 0.2) is 6.23 Å². The Labute approximate surface area is 126 Å². The fraction of sp³-hybridized carbons (Fsp3) is 0.769. The van der Waals surface area contributed by atoms with Crippen LogP contribution < -0.4 is 11.5 Å². The molecule has 8 heteroatoms. The first-order valence-electron chi connectivity index (χ1n) is 7.09. The number of primary amides is 1. The second kappa shape index (κ2) is 12.5. The molecule has 1 aliphatic heterocycles. The van der Waals surface area contributed by atoms with Crippen LogP contribution in [-0.2, 0) is 4.74 Å². The van der Waals surface area contributed by atoms with Crippen LogP contribution in [0.4, 0.5) is 4.79 Å². The number of amides is 2. The summed E-state index contributed by atoms with van der Waals surface area (Å²) in [4.78, 5) is 12.1. The third-order valence-corrected chi connectivity index (χ3v) is 2.45. The van der Waals surface area contributed by atoms with Crippen molar-refractivity contribution >= 4 is 6.03 Å². The highest BCUT2D eigenvalue weighted by Gasteiger charge is 2.45. The molecule has 2 amide bonds. The van der Waals surface area contributed by atoms with Gasteiger partial charge in [-0.05, 0) is 0 Å². The van der Waals surface area contributed by atoms with Gasteiger partial charge in [0, 0.05) is 12.7 Å². The molecule has 0 spiro atoms. The van der Waals surface area contributed by atoms with Crippen molar-refractivity contribution in [2.45, 2.75) is 52.2 Å². The quantitative estimate of drug-likeness (QED) is 0.466. The van der Waals surface area contributed by atoms with Crippen molar-refractivity contribution in [3.63, 3.8) is 0 Å². The number of rotatable bonds is 4. The van der Waals surface area contributed by atoms with Crippen molar-refractivity contribution in [1.82, 2.24) is 4.90 Å². The van der Waals surface area contributed by atoms with Crippen molar-refractivity contribution < 1.29 is 24.9 Å². The van der Waals surface area contributed by atoms with Gasteiger partial charge in [-0.1, -0.05) is 33.8 Å². The Morgan fingerprint density at radius 2 is 1.76 bits per heavy atom. The first-order chi connectivity index (χ1) is 10.0. The molecule has 0 aromatic rings. The summed E-state index contributed by atoms with van der Waals surface area (Å²) in [6.07, 6.45) is -2.01. The summed E-state index contributed by atoms with van der Waals surface area (Å²) in [6, 6.07) is -0.857. The molecule has 21 heavy (non-hydrogen) atoms. The van der Waals surface area contributed by atoms with Gasteiger partial charge >= 0.3 is 6.03 Å². The molecule has 0 aromatic heterocycles. The van der Waals surface area contributed by atoms with Crippen LogP contribution in [0.25, 0.3) is 0 Å². The number of carbonyl (C=O) groups is 1. The van der Waals surface area contributed by atoms with Crippen LogP contribution in [0.2, 0.25) is 0 Å². The van der Waals surface area contributed by atoms with E-state index in [0.29, 0.717) is 0 Å². The van der Waals surface area contributed by atoms with Crippen molar-refractivity contribution in [2.75, 3.05) is 13.2 Å². The third-order valence-electron chi connectivity index (χ3n) is 2.45. The van der Waals surface area contributed by atoms with Crippen LogP contribution in [0.5, 0.6) is 0 Å². The molecule has 0 radical (unpaired) electrons. The second-order valence-electron chi connectivity index (χ2n) is 3.59. The minimum absolute atomic E-state index is 0.179. The first kappa shape index (κ1) is 22.1. The molecule has 0 aliphatic carbocycles. The lowest BCUT2D eigenvalue weighted by Crippen LogP contribution is -2.46. The molecule has 7 N–H and O–H groups in total. The Morgan fingerprint density at radius 1 is 1.24 bits per heavy atom. The zero-order valence-corrected chi connectivity index (χ0v) is 13.1. The number of aliphatic hydroxyl groups excluding tert-OH is 3. The second-order valence-corrected chi connectivity index (χ2v) is 3.59. The van der Waals surface area contributed by atoms with Gasteiger partial charge in [0.05, 0.1) is 6.61 Å². The SMILES string of the molecule is CC.CC.NC/C=C\N(C(N)=O)C1OC(CO)C(O)C1O. The minimum Gasteiger partial charge on any atom is -0.394 e. The normalized spacial score (nSPS) is 27.4. The van der Waals surface area contributed by atoms with Crippen LogP contribution in [0.15, 0.2) is 12.3 Å². The van der Waals surface area contributed by atoms with Gasteiger partial charge in [-0.3, -0.25) is 4.90 Å². The molecular formula is C13H29N3O5. The first-order valence-corrected chi connectivity index (χ1v) is 7.09. The lowest BCUT2D eigenvalue weighted by Gasteiger charge is -2.25. The van der Waals surface area contributed by atoms with E-state index in [9.17, 15) is 15.0 Å². The topological polar surface area (TPSA) is 142 Å². The van der Waals surface area contributed by atoms with E-state index < -0.39 is 37.2 Å². The van der Waals surface area contributed by atoms with E-state index in [1.165, 1.54) is 12.3 Å². The maximum atomic E-state index is 11.2. The molecule has 0 bridgehead atoms. The molecular weight excluding hydrogens is 278 g/mol. The van der Waals surface area contributed by atoms with Gasteiger partial charge in [0.25, 0.3) is 0 Å². The van der Waals surface area contributed by atoms with E-state index in [2.05, 4.69) is 0 Å². The van der Waals surface area contributed by atoms with Crippen molar-refractivity contribution in [2.24, 2.45) is 11.5 Å². The largest absolute Gasteiger partial charge is 0.394 e. The minimum atomic E-state index is -1.35. The number of nitrogens with zero attached hydrogens (tertiary/aromatic N) is 1. The van der Waals surface area contributed by atoms with Crippen LogP contribution in [0.1, 0.15) is 27.7 Å². The number of hydrogen-bond donors (Lipinski definition) is 5. The summed E-state index contributed by atoms with van der Waals surface area (Å²) in [5.74, 6) is 0. The van der Waals surface area contributed by atoms with Gasteiger partial charge in [-0.25, -0.2) is 4.79 Å². The molecule has 1 saturated heterocycles. The van der Waals surface area contributed by atoms with E-state index in [4.69, 9.17) is 21.3 Å². The van der Waals surface area contributed by atoms with E-state index in [1.807, 2.05) is 27.7 Å². The number of aliphatic hydroxyl groups is 3. The fourth-order valence-electron chi connectivity index (χ4n) is 1.57. The number of ether oxygens (including phenoxy) is 1. The molecule has 1 heterocycles. The van der Waals surface area contributed by atoms with Crippen LogP contribution in [0, 0.1) is 0 Å². The van der Waals surface area contributed by atoms with Gasteiger partial charge in [-0.15, -0.1) is 0 Å². The highest BCUT2D eigenvalue weighted by atomic mass is 16.6. The van der Waals surface area contributed by atoms with Gasteiger partial charge in [0.2, 0.25) is 0 Å². The van der Waals surface area contributed by atoms with Gasteiger partial charge in [-0.2, -0.15) is 0 Å². The van der Waals surface area contributed by atoms with E-state index >= 15 is 0 Å². The smallest absolute Gasteiger partial charge is 0.321 e. The summed E-state index contributed by atoms with van der Waals surface area (Å²) in [5.41, 5.74) is 10.3. The summed E-state index contributed by atoms with van der Waals surface area (Å²) < 4.78 is 5.14. The molecule has 8 nitrogen and oxygen atoms in total. The molecule has 0 saturated carbocycles. The van der Waals surface area contributed by atoms with Gasteiger partial charge < -0.3 is 31.5 Å². The highest BCUT2D eigenvalue weighted by Crippen LogP contribution is 2.24. The Morgan fingerprint density at radius 3 is 2.10 bits per heavy atom. The lowest BCUT2D eigenvalue weighted by atomic mass is 10.1. The van der Waals surface area contributed by atoms with Crippen LogP contribution >= 0.6 is 0 Å². The zero-order chi connectivity index (χ0) is 17.0. The molecule has 1 aliphatic rings. The van der Waals surface area contributed by atoms with Crippen LogP contribution in [-0.4, -0.2) is 63.9 Å². The number of urea groups is 1. The molecule has 4 atom stereocenters. The highest BCUT2D eigenvalue weighted by molar-refractivity contribution is 5.73. The molecule has 4 unspecified atom stereocenters. The summed E-state index contributed by atoms with van der Waals surface area (Å²) in [5, 5.41) is 28.1. The Hall–Kier alpha value is -1.19. The molecule has 1 rings (SSSR count). The summed E-state index contributed by atoms with van der Waals surface area (Å²) in [6.45, 7) is 7.71. The molecule has 126 valence electrons. The predicted octanol–water partition coefficient (Wildman–Crippen LogP) is -0.669. The summed E-state index contributed by atoms with van der Waals surface area (Å²) in [7, 11) is 0. The monoisotopic (exact) mass is 307 g/mol. The van der Waals surface area contributed by atoms with Crippen molar-refractivity contribution in [1.29, 1.82) is 0 Å². The van der Waals surface area contributed by atoms with E-state index in [1.54, 1.807) is 0 Å². The Kier molecular flexibility index (Phi) is 13.2. The maximum absolute atomic E-state index is 11.2. The Balaban J connectivity index is 0. The molecule has 0 aromatic carbocycles. The average Bonchev–Trinajstić information content (AvgIpc) is 2.79. The maximum Gasteiger partial charge on any atom is 0.321 e.